The number of hydrogen-bond acceptors (Lipinski definition) is 4. The van der Waals surface area contributed by atoms with Gasteiger partial charge in [-0.05, 0) is 61.5 Å². The lowest BCUT2D eigenvalue weighted by molar-refractivity contribution is 0.0950. The van der Waals surface area contributed by atoms with Crippen LogP contribution in [0.3, 0.4) is 0 Å². The van der Waals surface area contributed by atoms with Crippen LogP contribution in [0.15, 0.2) is 71.8 Å². The van der Waals surface area contributed by atoms with Gasteiger partial charge in [0.2, 0.25) is 0 Å². The van der Waals surface area contributed by atoms with E-state index >= 15 is 0 Å². The molecule has 0 aliphatic carbocycles. The van der Waals surface area contributed by atoms with Crippen molar-refractivity contribution < 1.29 is 9.18 Å². The Morgan fingerprint density at radius 2 is 1.94 bits per heavy atom. The molecule has 0 aliphatic rings. The molecule has 0 saturated heterocycles. The zero-order chi connectivity index (χ0) is 21.8. The van der Waals surface area contributed by atoms with Crippen molar-refractivity contribution in [2.75, 3.05) is 6.54 Å². The fourth-order valence-electron chi connectivity index (χ4n) is 3.22. The molecular weight excluding hydrogens is 397 g/mol. The molecule has 31 heavy (non-hydrogen) atoms. The first-order chi connectivity index (χ1) is 15.0. The van der Waals surface area contributed by atoms with E-state index < -0.39 is 11.5 Å². The third kappa shape index (κ3) is 4.58. The number of nitrogens with zero attached hydrogens (tertiary/aromatic N) is 3. The van der Waals surface area contributed by atoms with Crippen LogP contribution < -0.4 is 10.9 Å². The second-order valence-corrected chi connectivity index (χ2v) is 7.03. The Kier molecular flexibility index (Phi) is 5.70. The molecular formula is C23H20FN5O2. The number of aryl methyl sites for hydroxylation is 1. The molecule has 1 aromatic carbocycles. The summed E-state index contributed by atoms with van der Waals surface area (Å²) in [6.45, 7) is 2.39. The second-order valence-electron chi connectivity index (χ2n) is 7.03. The molecule has 0 fully saturated rings. The molecule has 2 N–H and O–H groups in total. The molecule has 3 heterocycles. The van der Waals surface area contributed by atoms with Gasteiger partial charge in [-0.15, -0.1) is 0 Å². The predicted molar refractivity (Wildman–Crippen MR) is 115 cm³/mol. The average molecular weight is 417 g/mol. The first kappa shape index (κ1) is 20.2. The lowest BCUT2D eigenvalue weighted by Crippen LogP contribution is -2.32. The number of hydrogen-bond donors (Lipinski definition) is 2. The van der Waals surface area contributed by atoms with Gasteiger partial charge in [0.1, 0.15) is 11.4 Å². The maximum Gasteiger partial charge on any atom is 0.260 e. The molecule has 0 atom stereocenters. The summed E-state index contributed by atoms with van der Waals surface area (Å²) in [5.74, 6) is -0.764. The Labute approximate surface area is 177 Å². The number of rotatable bonds is 6. The fraction of sp³-hybridized carbons (Fsp3) is 0.130. The van der Waals surface area contributed by atoms with E-state index in [1.54, 1.807) is 42.2 Å². The predicted octanol–water partition coefficient (Wildman–Crippen LogP) is 3.18. The maximum absolute atomic E-state index is 13.3. The van der Waals surface area contributed by atoms with Crippen molar-refractivity contribution in [3.05, 3.63) is 94.4 Å². The van der Waals surface area contributed by atoms with E-state index in [0.717, 1.165) is 16.8 Å². The van der Waals surface area contributed by atoms with Gasteiger partial charge < -0.3 is 10.3 Å². The number of pyridine rings is 2. The minimum Gasteiger partial charge on any atom is -0.350 e. The van der Waals surface area contributed by atoms with Gasteiger partial charge in [0.05, 0.1) is 17.9 Å². The molecule has 4 aromatic rings. The Bertz CT molecular complexity index is 1260. The van der Waals surface area contributed by atoms with Crippen LogP contribution in [-0.2, 0) is 6.54 Å². The van der Waals surface area contributed by atoms with E-state index in [2.05, 4.69) is 20.4 Å². The smallest absolute Gasteiger partial charge is 0.260 e. The highest BCUT2D eigenvalue weighted by atomic mass is 19.1. The molecule has 1 amide bonds. The molecule has 7 nitrogen and oxygen atoms in total. The van der Waals surface area contributed by atoms with Crippen LogP contribution in [0.25, 0.3) is 22.5 Å². The van der Waals surface area contributed by atoms with E-state index in [9.17, 15) is 14.0 Å². The summed E-state index contributed by atoms with van der Waals surface area (Å²) in [5.41, 5.74) is 3.46. The molecule has 0 spiro atoms. The van der Waals surface area contributed by atoms with Crippen LogP contribution in [0.2, 0.25) is 0 Å². The van der Waals surface area contributed by atoms with Crippen LogP contribution in [0, 0.1) is 12.7 Å². The van der Waals surface area contributed by atoms with Gasteiger partial charge in [-0.3, -0.25) is 19.3 Å². The zero-order valence-electron chi connectivity index (χ0n) is 16.8. The van der Waals surface area contributed by atoms with Gasteiger partial charge in [-0.2, -0.15) is 5.10 Å². The van der Waals surface area contributed by atoms with Gasteiger partial charge in [-0.25, -0.2) is 4.39 Å². The number of nitrogens with one attached hydrogen (secondary N) is 2. The zero-order valence-corrected chi connectivity index (χ0v) is 16.8. The van der Waals surface area contributed by atoms with E-state index in [4.69, 9.17) is 0 Å². The summed E-state index contributed by atoms with van der Waals surface area (Å²) in [6.07, 6.45) is 3.41. The molecule has 0 aliphatic heterocycles. The molecule has 156 valence electrons. The van der Waals surface area contributed by atoms with Crippen molar-refractivity contribution in [3.8, 4) is 22.5 Å². The van der Waals surface area contributed by atoms with Crippen molar-refractivity contribution in [2.24, 2.45) is 0 Å². The normalized spacial score (nSPS) is 10.8. The first-order valence-electron chi connectivity index (χ1n) is 9.73. The van der Waals surface area contributed by atoms with Crippen LogP contribution >= 0.6 is 0 Å². The number of amides is 1. The molecule has 0 saturated carbocycles. The van der Waals surface area contributed by atoms with Crippen LogP contribution in [0.5, 0.6) is 0 Å². The average Bonchev–Trinajstić information content (AvgIpc) is 3.19. The number of aromatic nitrogens is 4. The molecule has 3 aromatic heterocycles. The maximum atomic E-state index is 13.3. The fourth-order valence-corrected chi connectivity index (χ4v) is 3.22. The van der Waals surface area contributed by atoms with Gasteiger partial charge in [0.25, 0.3) is 11.5 Å². The molecule has 4 rings (SSSR count). The molecule has 0 bridgehead atoms. The SMILES string of the molecule is Cc1ccc(C(=O)NCCn2nc(-c3ccc(F)cc3)cc2-c2cccnc2)c(=O)[nH]1. The van der Waals surface area contributed by atoms with Crippen molar-refractivity contribution in [3.63, 3.8) is 0 Å². The highest BCUT2D eigenvalue weighted by Gasteiger charge is 2.14. The van der Waals surface area contributed by atoms with Crippen LogP contribution in [-0.4, -0.2) is 32.2 Å². The van der Waals surface area contributed by atoms with Crippen molar-refractivity contribution >= 4 is 5.91 Å². The molecule has 0 unspecified atom stereocenters. The summed E-state index contributed by atoms with van der Waals surface area (Å²) in [7, 11) is 0. The highest BCUT2D eigenvalue weighted by Crippen LogP contribution is 2.26. The third-order valence-electron chi connectivity index (χ3n) is 4.79. The summed E-state index contributed by atoms with van der Waals surface area (Å²) in [5, 5.41) is 7.39. The largest absolute Gasteiger partial charge is 0.350 e. The summed E-state index contributed by atoms with van der Waals surface area (Å²) in [4.78, 5) is 31.1. The second kappa shape index (κ2) is 8.74. The van der Waals surface area contributed by atoms with Gasteiger partial charge in [0, 0.05) is 35.8 Å². The minimum absolute atomic E-state index is 0.0607. The number of benzene rings is 1. The van der Waals surface area contributed by atoms with E-state index in [1.165, 1.54) is 18.2 Å². The summed E-state index contributed by atoms with van der Waals surface area (Å²) in [6, 6.07) is 14.9. The number of aromatic amines is 1. The monoisotopic (exact) mass is 417 g/mol. The minimum atomic E-state index is -0.449. The lowest BCUT2D eigenvalue weighted by Gasteiger charge is -2.09. The standard InChI is InChI=1S/C23H20FN5O2/c1-15-4-9-19(23(31)27-15)22(30)26-11-12-29-21(17-3-2-10-25-14-17)13-20(28-29)16-5-7-18(24)8-6-16/h2-10,13-14H,11-12H2,1H3,(H,26,30)(H,27,31). The van der Waals surface area contributed by atoms with Crippen molar-refractivity contribution in [1.82, 2.24) is 25.1 Å². The Morgan fingerprint density at radius 1 is 1.13 bits per heavy atom. The number of H-pyrrole nitrogens is 1. The summed E-state index contributed by atoms with van der Waals surface area (Å²) >= 11 is 0. The third-order valence-corrected chi connectivity index (χ3v) is 4.79. The molecule has 0 radical (unpaired) electrons. The quantitative estimate of drug-likeness (QED) is 0.504. The van der Waals surface area contributed by atoms with E-state index in [-0.39, 0.29) is 17.9 Å². The Hall–Kier alpha value is -4.07. The first-order valence-corrected chi connectivity index (χ1v) is 9.73. The lowest BCUT2D eigenvalue weighted by atomic mass is 10.1. The summed E-state index contributed by atoms with van der Waals surface area (Å²) < 4.78 is 15.0. The van der Waals surface area contributed by atoms with Gasteiger partial charge >= 0.3 is 0 Å². The van der Waals surface area contributed by atoms with Gasteiger partial charge in [-0.1, -0.05) is 0 Å². The van der Waals surface area contributed by atoms with Crippen LogP contribution in [0.1, 0.15) is 16.1 Å². The van der Waals surface area contributed by atoms with Gasteiger partial charge in [0.15, 0.2) is 0 Å². The Balaban J connectivity index is 1.56. The molecule has 8 heteroatoms. The van der Waals surface area contributed by atoms with Crippen molar-refractivity contribution in [1.29, 1.82) is 0 Å². The van der Waals surface area contributed by atoms with E-state index in [1.807, 2.05) is 18.2 Å². The van der Waals surface area contributed by atoms with E-state index in [0.29, 0.717) is 17.9 Å². The number of halogens is 1. The number of carbonyl (C=O) groups is 1. The van der Waals surface area contributed by atoms with Crippen molar-refractivity contribution in [2.45, 2.75) is 13.5 Å². The number of carbonyl (C=O) groups excluding carboxylic acids is 1. The highest BCUT2D eigenvalue weighted by molar-refractivity contribution is 5.93. The topological polar surface area (TPSA) is 92.7 Å². The Morgan fingerprint density at radius 3 is 2.65 bits per heavy atom. The van der Waals surface area contributed by atoms with Crippen LogP contribution in [0.4, 0.5) is 4.39 Å².